The van der Waals surface area contributed by atoms with Gasteiger partial charge in [0.15, 0.2) is 0 Å². The van der Waals surface area contributed by atoms with Crippen LogP contribution in [0.5, 0.6) is 0 Å². The fourth-order valence-corrected chi connectivity index (χ4v) is 3.26. The van der Waals surface area contributed by atoms with Gasteiger partial charge in [-0.3, -0.25) is 14.2 Å². The van der Waals surface area contributed by atoms with E-state index in [1.54, 1.807) is 17.1 Å². The molecule has 0 bridgehead atoms. The molecule has 0 aliphatic carbocycles. The summed E-state index contributed by atoms with van der Waals surface area (Å²) in [6, 6.07) is 16.1. The second-order valence-electron chi connectivity index (χ2n) is 6.65. The van der Waals surface area contributed by atoms with Crippen molar-refractivity contribution >= 4 is 22.4 Å². The van der Waals surface area contributed by atoms with Gasteiger partial charge in [-0.2, -0.15) is 10.2 Å². The number of nitrogens with one attached hydrogen (secondary N) is 1. The van der Waals surface area contributed by atoms with E-state index in [0.717, 1.165) is 5.69 Å². The van der Waals surface area contributed by atoms with Gasteiger partial charge in [0.25, 0.3) is 0 Å². The van der Waals surface area contributed by atoms with E-state index >= 15 is 0 Å². The molecular weight excluding hydrogens is 338 g/mol. The van der Waals surface area contributed by atoms with Crippen LogP contribution < -0.4 is 5.32 Å². The first-order chi connectivity index (χ1) is 13.1. The first-order valence-electron chi connectivity index (χ1n) is 8.92. The summed E-state index contributed by atoms with van der Waals surface area (Å²) in [7, 11) is 0. The molecule has 2 heterocycles. The van der Waals surface area contributed by atoms with E-state index in [4.69, 9.17) is 0 Å². The van der Waals surface area contributed by atoms with Gasteiger partial charge in [-0.25, -0.2) is 0 Å². The molecule has 0 saturated carbocycles. The number of aromatic nitrogens is 4. The molecule has 0 aliphatic rings. The molecule has 136 valence electrons. The Morgan fingerprint density at radius 1 is 1.11 bits per heavy atom. The second-order valence-corrected chi connectivity index (χ2v) is 6.65. The molecule has 0 radical (unpaired) electrons. The molecule has 4 aromatic rings. The number of anilines is 1. The lowest BCUT2D eigenvalue weighted by atomic mass is 10.0. The van der Waals surface area contributed by atoms with Crippen LogP contribution in [0.3, 0.4) is 0 Å². The quantitative estimate of drug-likeness (QED) is 0.590. The van der Waals surface area contributed by atoms with Crippen molar-refractivity contribution in [3.8, 4) is 0 Å². The lowest BCUT2D eigenvalue weighted by molar-refractivity contribution is -0.119. The fraction of sp³-hybridized carbons (Fsp3) is 0.190. The van der Waals surface area contributed by atoms with Gasteiger partial charge in [-0.05, 0) is 36.2 Å². The number of carbonyl (C=O) groups is 1. The Morgan fingerprint density at radius 2 is 1.93 bits per heavy atom. The van der Waals surface area contributed by atoms with Crippen molar-refractivity contribution in [2.45, 2.75) is 26.4 Å². The summed E-state index contributed by atoms with van der Waals surface area (Å²) in [5.74, 6) is -0.119. The summed E-state index contributed by atoms with van der Waals surface area (Å²) in [5.41, 5.74) is 2.82. The van der Waals surface area contributed by atoms with Gasteiger partial charge < -0.3 is 5.32 Å². The minimum atomic E-state index is -0.388. The molecule has 0 saturated heterocycles. The van der Waals surface area contributed by atoms with Crippen molar-refractivity contribution in [2.75, 3.05) is 5.32 Å². The zero-order chi connectivity index (χ0) is 18.8. The molecule has 0 aliphatic heterocycles. The maximum absolute atomic E-state index is 12.5. The van der Waals surface area contributed by atoms with Crippen molar-refractivity contribution < 1.29 is 4.79 Å². The number of benzene rings is 2. The predicted molar refractivity (Wildman–Crippen MR) is 106 cm³/mol. The summed E-state index contributed by atoms with van der Waals surface area (Å²) in [5, 5.41) is 13.9. The molecule has 0 fully saturated rings. The Hall–Kier alpha value is -3.41. The molecule has 6 heteroatoms. The van der Waals surface area contributed by atoms with Crippen LogP contribution in [0.2, 0.25) is 0 Å². The highest BCUT2D eigenvalue weighted by atomic mass is 16.2. The van der Waals surface area contributed by atoms with E-state index in [1.165, 1.54) is 16.3 Å². The van der Waals surface area contributed by atoms with Crippen LogP contribution in [0.4, 0.5) is 5.69 Å². The van der Waals surface area contributed by atoms with Crippen molar-refractivity contribution in [3.63, 3.8) is 0 Å². The molecule has 6 nitrogen and oxygen atoms in total. The Kier molecular flexibility index (Phi) is 4.46. The maximum atomic E-state index is 12.5. The minimum Gasteiger partial charge on any atom is -0.322 e. The summed E-state index contributed by atoms with van der Waals surface area (Å²) in [6.07, 6.45) is 5.22. The number of nitrogens with zero attached hydrogens (tertiary/aromatic N) is 4. The second kappa shape index (κ2) is 7.07. The number of aryl methyl sites for hydroxylation is 1. The third-order valence-corrected chi connectivity index (χ3v) is 4.73. The van der Waals surface area contributed by atoms with Crippen molar-refractivity contribution in [1.29, 1.82) is 0 Å². The summed E-state index contributed by atoms with van der Waals surface area (Å²) < 4.78 is 3.54. The van der Waals surface area contributed by atoms with E-state index < -0.39 is 0 Å². The highest BCUT2D eigenvalue weighted by Gasteiger charge is 2.17. The van der Waals surface area contributed by atoms with Crippen LogP contribution in [0, 0.1) is 6.92 Å². The predicted octanol–water partition coefficient (Wildman–Crippen LogP) is 3.79. The van der Waals surface area contributed by atoms with Gasteiger partial charge in [0, 0.05) is 18.1 Å². The molecular formula is C21H21N5O. The SMILES string of the molecule is Cc1ccnn1C(C)C(=O)Nc1cnn(Cc2cccc3ccccc23)c1. The van der Waals surface area contributed by atoms with Crippen LogP contribution in [-0.2, 0) is 11.3 Å². The molecule has 2 aromatic carbocycles. The molecule has 4 rings (SSSR count). The fourth-order valence-electron chi connectivity index (χ4n) is 3.26. The summed E-state index contributed by atoms with van der Waals surface area (Å²) in [4.78, 5) is 12.5. The summed E-state index contributed by atoms with van der Waals surface area (Å²) in [6.45, 7) is 4.40. The number of carbonyl (C=O) groups excluding carboxylic acids is 1. The van der Waals surface area contributed by atoms with Gasteiger partial charge in [0.05, 0.1) is 18.4 Å². The molecule has 27 heavy (non-hydrogen) atoms. The Morgan fingerprint density at radius 3 is 2.74 bits per heavy atom. The van der Waals surface area contributed by atoms with Crippen LogP contribution in [-0.4, -0.2) is 25.5 Å². The highest BCUT2D eigenvalue weighted by Crippen LogP contribution is 2.20. The molecule has 1 atom stereocenters. The smallest absolute Gasteiger partial charge is 0.249 e. The Bertz CT molecular complexity index is 1090. The lowest BCUT2D eigenvalue weighted by Gasteiger charge is -2.13. The van der Waals surface area contributed by atoms with E-state index in [0.29, 0.717) is 12.2 Å². The first kappa shape index (κ1) is 17.0. The van der Waals surface area contributed by atoms with Gasteiger partial charge in [0.1, 0.15) is 6.04 Å². The average Bonchev–Trinajstić information content (AvgIpc) is 3.30. The molecule has 1 amide bonds. The van der Waals surface area contributed by atoms with Crippen LogP contribution in [0.25, 0.3) is 10.8 Å². The minimum absolute atomic E-state index is 0.119. The van der Waals surface area contributed by atoms with E-state index in [2.05, 4.69) is 45.8 Å². The standard InChI is InChI=1S/C21H21N5O/c1-15-10-11-22-26(15)16(2)21(27)24-19-12-23-25(14-19)13-18-8-5-7-17-6-3-4-9-20(17)18/h3-12,14,16H,13H2,1-2H3,(H,24,27). The average molecular weight is 359 g/mol. The van der Waals surface area contributed by atoms with E-state index in [1.807, 2.05) is 42.9 Å². The van der Waals surface area contributed by atoms with Crippen LogP contribution >= 0.6 is 0 Å². The number of amides is 1. The summed E-state index contributed by atoms with van der Waals surface area (Å²) >= 11 is 0. The van der Waals surface area contributed by atoms with Gasteiger partial charge >= 0.3 is 0 Å². The van der Waals surface area contributed by atoms with Crippen molar-refractivity contribution in [2.24, 2.45) is 0 Å². The van der Waals surface area contributed by atoms with E-state index in [-0.39, 0.29) is 11.9 Å². The topological polar surface area (TPSA) is 64.7 Å². The Labute approximate surface area is 157 Å². The molecule has 1 unspecified atom stereocenters. The molecule has 0 spiro atoms. The third kappa shape index (κ3) is 3.46. The number of hydrogen-bond acceptors (Lipinski definition) is 3. The zero-order valence-electron chi connectivity index (χ0n) is 15.3. The largest absolute Gasteiger partial charge is 0.322 e. The maximum Gasteiger partial charge on any atom is 0.249 e. The number of hydrogen-bond donors (Lipinski definition) is 1. The van der Waals surface area contributed by atoms with Crippen LogP contribution in [0.1, 0.15) is 24.2 Å². The zero-order valence-corrected chi connectivity index (χ0v) is 15.3. The first-order valence-corrected chi connectivity index (χ1v) is 8.92. The van der Waals surface area contributed by atoms with Gasteiger partial charge in [0.2, 0.25) is 5.91 Å². The van der Waals surface area contributed by atoms with Crippen molar-refractivity contribution in [3.05, 3.63) is 78.4 Å². The third-order valence-electron chi connectivity index (χ3n) is 4.73. The van der Waals surface area contributed by atoms with E-state index in [9.17, 15) is 4.79 Å². The van der Waals surface area contributed by atoms with Crippen molar-refractivity contribution in [1.82, 2.24) is 19.6 Å². The molecule has 1 N–H and O–H groups in total. The van der Waals surface area contributed by atoms with Crippen LogP contribution in [0.15, 0.2) is 67.1 Å². The van der Waals surface area contributed by atoms with Gasteiger partial charge in [-0.1, -0.05) is 42.5 Å². The number of fused-ring (bicyclic) bond motifs is 1. The highest BCUT2D eigenvalue weighted by molar-refractivity contribution is 5.93. The monoisotopic (exact) mass is 359 g/mol. The Balaban J connectivity index is 1.49. The number of rotatable bonds is 5. The lowest BCUT2D eigenvalue weighted by Crippen LogP contribution is -2.25. The van der Waals surface area contributed by atoms with Gasteiger partial charge in [-0.15, -0.1) is 0 Å². The normalized spacial score (nSPS) is 12.2. The molecule has 2 aromatic heterocycles.